The first-order valence-electron chi connectivity index (χ1n) is 11.1. The fourth-order valence-corrected chi connectivity index (χ4v) is 4.77. The van der Waals surface area contributed by atoms with Crippen LogP contribution in [-0.4, -0.2) is 5.11 Å². The summed E-state index contributed by atoms with van der Waals surface area (Å²) in [5, 5.41) is 11.7. The maximum atomic E-state index is 11.7. The molecule has 3 rings (SSSR count). The van der Waals surface area contributed by atoms with Crippen LogP contribution in [0.1, 0.15) is 102 Å². The van der Waals surface area contributed by atoms with Crippen LogP contribution in [0.15, 0.2) is 41.0 Å². The van der Waals surface area contributed by atoms with E-state index in [1.54, 1.807) is 6.26 Å². The van der Waals surface area contributed by atoms with Crippen molar-refractivity contribution in [1.82, 2.24) is 0 Å². The quantitative estimate of drug-likeness (QED) is 0.531. The molecule has 0 amide bonds. The lowest BCUT2D eigenvalue weighted by molar-refractivity contribution is 0.0139. The second-order valence-corrected chi connectivity index (χ2v) is 10.1. The van der Waals surface area contributed by atoms with Gasteiger partial charge in [-0.15, -0.1) is 0 Å². The van der Waals surface area contributed by atoms with Crippen LogP contribution in [0.3, 0.4) is 0 Å². The minimum Gasteiger partial charge on any atom is -0.469 e. The van der Waals surface area contributed by atoms with Gasteiger partial charge in [-0.2, -0.15) is 0 Å². The fraction of sp³-hybridized carbons (Fsp3) is 0.615. The van der Waals surface area contributed by atoms with E-state index in [9.17, 15) is 5.11 Å². The zero-order chi connectivity index (χ0) is 20.4. The van der Waals surface area contributed by atoms with Crippen molar-refractivity contribution in [3.05, 3.63) is 59.0 Å². The van der Waals surface area contributed by atoms with E-state index in [1.807, 2.05) is 12.1 Å². The van der Waals surface area contributed by atoms with E-state index in [4.69, 9.17) is 4.42 Å². The molecule has 28 heavy (non-hydrogen) atoms. The van der Waals surface area contributed by atoms with Gasteiger partial charge in [0.25, 0.3) is 0 Å². The van der Waals surface area contributed by atoms with E-state index >= 15 is 0 Å². The van der Waals surface area contributed by atoms with Gasteiger partial charge in [-0.1, -0.05) is 65.7 Å². The molecule has 1 N–H and O–H groups in total. The van der Waals surface area contributed by atoms with Gasteiger partial charge in [-0.3, -0.25) is 0 Å². The normalized spacial score (nSPS) is 19.8. The predicted octanol–water partition coefficient (Wildman–Crippen LogP) is 7.03. The van der Waals surface area contributed by atoms with E-state index in [2.05, 4.69) is 52.8 Å². The average molecular weight is 383 g/mol. The van der Waals surface area contributed by atoms with Crippen molar-refractivity contribution in [1.29, 1.82) is 0 Å². The minimum atomic E-state index is -0.755. The van der Waals surface area contributed by atoms with Crippen LogP contribution in [0.4, 0.5) is 0 Å². The molecule has 1 aromatic heterocycles. The molecule has 0 spiro atoms. The van der Waals surface area contributed by atoms with E-state index < -0.39 is 5.60 Å². The zero-order valence-electron chi connectivity index (χ0n) is 18.5. The lowest BCUT2D eigenvalue weighted by atomic mass is 9.62. The van der Waals surface area contributed by atoms with Gasteiger partial charge in [0.2, 0.25) is 0 Å². The molecule has 154 valence electrons. The summed E-state index contributed by atoms with van der Waals surface area (Å²) in [5.74, 6) is 1.01. The van der Waals surface area contributed by atoms with Gasteiger partial charge < -0.3 is 9.52 Å². The van der Waals surface area contributed by atoms with Crippen molar-refractivity contribution in [2.24, 2.45) is 0 Å². The highest BCUT2D eigenvalue weighted by Gasteiger charge is 2.38. The number of hydrogen-bond donors (Lipinski definition) is 1. The van der Waals surface area contributed by atoms with Crippen molar-refractivity contribution >= 4 is 0 Å². The number of furan rings is 1. The minimum absolute atomic E-state index is 0.167. The van der Waals surface area contributed by atoms with Crippen LogP contribution in [0.5, 0.6) is 0 Å². The SMILES string of the molecule is CCCCC(O)(CCCc1ccco1)c1ccc2c(c1)C(C)(C)CCC2(C)C. The summed E-state index contributed by atoms with van der Waals surface area (Å²) < 4.78 is 5.48. The molecule has 2 heteroatoms. The molecule has 1 unspecified atom stereocenters. The Hall–Kier alpha value is -1.54. The highest BCUT2D eigenvalue weighted by molar-refractivity contribution is 5.45. The Morgan fingerprint density at radius 3 is 2.29 bits per heavy atom. The number of fused-ring (bicyclic) bond motifs is 1. The first-order valence-corrected chi connectivity index (χ1v) is 11.1. The fourth-order valence-electron chi connectivity index (χ4n) is 4.77. The van der Waals surface area contributed by atoms with E-state index in [1.165, 1.54) is 24.0 Å². The van der Waals surface area contributed by atoms with Gasteiger partial charge in [0.05, 0.1) is 11.9 Å². The summed E-state index contributed by atoms with van der Waals surface area (Å²) in [6.45, 7) is 11.6. The summed E-state index contributed by atoms with van der Waals surface area (Å²) in [4.78, 5) is 0. The predicted molar refractivity (Wildman–Crippen MR) is 117 cm³/mol. The first kappa shape index (κ1) is 21.2. The summed E-state index contributed by atoms with van der Waals surface area (Å²) in [7, 11) is 0. The topological polar surface area (TPSA) is 33.4 Å². The van der Waals surface area contributed by atoms with Gasteiger partial charge >= 0.3 is 0 Å². The molecule has 1 aliphatic carbocycles. The number of aliphatic hydroxyl groups is 1. The number of benzene rings is 1. The van der Waals surface area contributed by atoms with Crippen LogP contribution >= 0.6 is 0 Å². The summed E-state index contributed by atoms with van der Waals surface area (Å²) >= 11 is 0. The monoisotopic (exact) mass is 382 g/mol. The third kappa shape index (κ3) is 4.38. The van der Waals surface area contributed by atoms with Crippen LogP contribution in [0.2, 0.25) is 0 Å². The standard InChI is InChI=1S/C26H38O2/c1-6-7-14-26(27,15-8-10-21-11-9-18-28-21)20-12-13-22-23(19-20)25(4,5)17-16-24(22,2)3/h9,11-13,18-19,27H,6-8,10,14-17H2,1-5H3. The van der Waals surface area contributed by atoms with Crippen LogP contribution in [0, 0.1) is 0 Å². The molecule has 1 aliphatic rings. The molecule has 1 aromatic carbocycles. The van der Waals surface area contributed by atoms with Crippen molar-refractivity contribution < 1.29 is 9.52 Å². The summed E-state index contributed by atoms with van der Waals surface area (Å²) in [6, 6.07) is 10.8. The lowest BCUT2D eigenvalue weighted by Crippen LogP contribution is -2.35. The van der Waals surface area contributed by atoms with E-state index in [0.717, 1.165) is 49.8 Å². The molecule has 0 aliphatic heterocycles. The van der Waals surface area contributed by atoms with Crippen LogP contribution < -0.4 is 0 Å². The maximum absolute atomic E-state index is 11.7. The Labute approximate surface area is 171 Å². The number of hydrogen-bond acceptors (Lipinski definition) is 2. The van der Waals surface area contributed by atoms with Crippen molar-refractivity contribution in [3.63, 3.8) is 0 Å². The van der Waals surface area contributed by atoms with Crippen molar-refractivity contribution in [2.75, 3.05) is 0 Å². The Kier molecular flexibility index (Phi) is 6.10. The van der Waals surface area contributed by atoms with Gasteiger partial charge in [0, 0.05) is 6.42 Å². The Balaban J connectivity index is 1.89. The highest BCUT2D eigenvalue weighted by atomic mass is 16.3. The highest BCUT2D eigenvalue weighted by Crippen LogP contribution is 2.47. The molecule has 0 fully saturated rings. The zero-order valence-corrected chi connectivity index (χ0v) is 18.5. The second kappa shape index (κ2) is 8.06. The second-order valence-electron chi connectivity index (χ2n) is 10.1. The first-order chi connectivity index (χ1) is 13.2. The molecule has 2 aromatic rings. The smallest absolute Gasteiger partial charge is 0.103 e. The number of unbranched alkanes of at least 4 members (excludes halogenated alkanes) is 1. The molecule has 2 nitrogen and oxygen atoms in total. The van der Waals surface area contributed by atoms with E-state index in [-0.39, 0.29) is 10.8 Å². The largest absolute Gasteiger partial charge is 0.469 e. The molecule has 0 radical (unpaired) electrons. The van der Waals surface area contributed by atoms with Crippen LogP contribution in [-0.2, 0) is 22.9 Å². The number of rotatable bonds is 8. The molecular weight excluding hydrogens is 344 g/mol. The van der Waals surface area contributed by atoms with Gasteiger partial charge in [0.15, 0.2) is 0 Å². The third-order valence-electron chi connectivity index (χ3n) is 6.93. The number of aryl methyl sites for hydroxylation is 1. The Morgan fingerprint density at radius 1 is 0.964 bits per heavy atom. The van der Waals surface area contributed by atoms with Crippen molar-refractivity contribution in [2.45, 2.75) is 102 Å². The lowest BCUT2D eigenvalue weighted by Gasteiger charge is -2.43. The summed E-state index contributed by atoms with van der Waals surface area (Å²) in [5.41, 5.74) is 3.62. The third-order valence-corrected chi connectivity index (χ3v) is 6.93. The molecule has 0 saturated heterocycles. The molecule has 0 saturated carbocycles. The maximum Gasteiger partial charge on any atom is 0.103 e. The van der Waals surface area contributed by atoms with E-state index in [0.29, 0.717) is 0 Å². The van der Waals surface area contributed by atoms with Gasteiger partial charge in [-0.25, -0.2) is 0 Å². The van der Waals surface area contributed by atoms with Crippen LogP contribution in [0.25, 0.3) is 0 Å². The Morgan fingerprint density at radius 2 is 1.64 bits per heavy atom. The molecule has 1 heterocycles. The average Bonchev–Trinajstić information content (AvgIpc) is 3.17. The Bertz CT molecular complexity index is 770. The van der Waals surface area contributed by atoms with Gasteiger partial charge in [-0.05, 0) is 71.8 Å². The molecular formula is C26H38O2. The molecule has 0 bridgehead atoms. The summed E-state index contributed by atoms with van der Waals surface area (Å²) in [6.07, 6.45) is 9.70. The molecule has 1 atom stereocenters. The van der Waals surface area contributed by atoms with Crippen molar-refractivity contribution in [3.8, 4) is 0 Å². The van der Waals surface area contributed by atoms with Gasteiger partial charge in [0.1, 0.15) is 5.76 Å².